The van der Waals surface area contributed by atoms with Crippen LogP contribution in [0.2, 0.25) is 0 Å². The number of hydrogen-bond acceptors (Lipinski definition) is 3. The number of benzene rings is 2. The minimum absolute atomic E-state index is 0.153. The summed E-state index contributed by atoms with van der Waals surface area (Å²) in [5, 5.41) is 2.87. The number of amides is 1. The number of aryl methyl sites for hydroxylation is 1. The maximum Gasteiger partial charge on any atom is 0.243 e. The zero-order valence-electron chi connectivity index (χ0n) is 14.9. The Balaban J connectivity index is 1.78. The fraction of sp³-hybridized carbons (Fsp3) is 0.350. The Kier molecular flexibility index (Phi) is 5.74. The van der Waals surface area contributed by atoms with Crippen molar-refractivity contribution in [2.24, 2.45) is 0 Å². The maximum absolute atomic E-state index is 13.0. The van der Waals surface area contributed by atoms with E-state index in [0.717, 1.165) is 24.0 Å². The second-order valence-electron chi connectivity index (χ2n) is 6.73. The van der Waals surface area contributed by atoms with E-state index < -0.39 is 10.0 Å². The number of carbonyl (C=O) groups excluding carboxylic acids is 1. The average Bonchev–Trinajstić information content (AvgIpc) is 3.43. The first-order chi connectivity index (χ1) is 12.4. The van der Waals surface area contributed by atoms with E-state index in [-0.39, 0.29) is 29.9 Å². The lowest BCUT2D eigenvalue weighted by molar-refractivity contribution is -0.121. The van der Waals surface area contributed by atoms with Crippen LogP contribution in [0, 0.1) is 6.92 Å². The Morgan fingerprint density at radius 3 is 2.35 bits per heavy atom. The summed E-state index contributed by atoms with van der Waals surface area (Å²) in [6, 6.07) is 16.6. The Hall–Kier alpha value is -2.18. The van der Waals surface area contributed by atoms with Crippen molar-refractivity contribution in [1.82, 2.24) is 9.62 Å². The summed E-state index contributed by atoms with van der Waals surface area (Å²) >= 11 is 0. The Labute approximate surface area is 155 Å². The van der Waals surface area contributed by atoms with Crippen molar-refractivity contribution in [1.29, 1.82) is 0 Å². The number of nitrogens with one attached hydrogen (secondary N) is 1. The molecule has 1 saturated carbocycles. The first-order valence-electron chi connectivity index (χ1n) is 8.85. The van der Waals surface area contributed by atoms with Crippen molar-refractivity contribution in [3.8, 4) is 0 Å². The van der Waals surface area contributed by atoms with Gasteiger partial charge in [-0.05, 0) is 43.9 Å². The molecule has 0 radical (unpaired) electrons. The molecule has 0 aromatic heterocycles. The van der Waals surface area contributed by atoms with Crippen LogP contribution in [-0.4, -0.2) is 37.8 Å². The van der Waals surface area contributed by atoms with E-state index in [1.165, 1.54) is 4.31 Å². The summed E-state index contributed by atoms with van der Waals surface area (Å²) in [5.41, 5.74) is 2.03. The van der Waals surface area contributed by atoms with E-state index in [1.807, 2.05) is 37.3 Å². The third-order valence-electron chi connectivity index (χ3n) is 4.41. The van der Waals surface area contributed by atoms with Gasteiger partial charge in [-0.3, -0.25) is 4.79 Å². The quantitative estimate of drug-likeness (QED) is 0.774. The van der Waals surface area contributed by atoms with Gasteiger partial charge in [0.05, 0.1) is 11.4 Å². The van der Waals surface area contributed by atoms with Crippen molar-refractivity contribution in [2.45, 2.75) is 37.1 Å². The molecule has 1 amide bonds. The number of nitrogens with zero attached hydrogens (tertiary/aromatic N) is 1. The van der Waals surface area contributed by atoms with Gasteiger partial charge < -0.3 is 5.32 Å². The first-order valence-corrected chi connectivity index (χ1v) is 10.3. The second-order valence-corrected chi connectivity index (χ2v) is 8.67. The summed E-state index contributed by atoms with van der Waals surface area (Å²) in [4.78, 5) is 12.4. The third kappa shape index (κ3) is 4.93. The fourth-order valence-corrected chi connectivity index (χ4v) is 4.10. The van der Waals surface area contributed by atoms with Gasteiger partial charge in [-0.2, -0.15) is 4.31 Å². The van der Waals surface area contributed by atoms with Gasteiger partial charge in [-0.15, -0.1) is 0 Å². The van der Waals surface area contributed by atoms with Gasteiger partial charge in [0.25, 0.3) is 0 Å². The SMILES string of the molecule is Cc1ccc(S(=O)(=O)N(CCc2ccccc2)CC(=O)NC2CC2)cc1. The highest BCUT2D eigenvalue weighted by molar-refractivity contribution is 7.89. The van der Waals surface area contributed by atoms with Crippen LogP contribution in [0.4, 0.5) is 0 Å². The second kappa shape index (κ2) is 8.01. The van der Waals surface area contributed by atoms with Crippen molar-refractivity contribution in [2.75, 3.05) is 13.1 Å². The van der Waals surface area contributed by atoms with Crippen LogP contribution in [0.3, 0.4) is 0 Å². The number of hydrogen-bond donors (Lipinski definition) is 1. The molecule has 3 rings (SSSR count). The molecule has 0 aliphatic heterocycles. The molecule has 138 valence electrons. The number of rotatable bonds is 8. The van der Waals surface area contributed by atoms with Gasteiger partial charge in [0, 0.05) is 12.6 Å². The van der Waals surface area contributed by atoms with Gasteiger partial charge in [-0.25, -0.2) is 8.42 Å². The molecule has 0 unspecified atom stereocenters. The Bertz CT molecular complexity index is 844. The van der Waals surface area contributed by atoms with Gasteiger partial charge in [0.1, 0.15) is 0 Å². The van der Waals surface area contributed by atoms with Crippen LogP contribution in [0.1, 0.15) is 24.0 Å². The minimum Gasteiger partial charge on any atom is -0.352 e. The maximum atomic E-state index is 13.0. The van der Waals surface area contributed by atoms with Crippen molar-refractivity contribution >= 4 is 15.9 Å². The molecule has 1 aliphatic carbocycles. The van der Waals surface area contributed by atoms with Crippen LogP contribution in [0.25, 0.3) is 0 Å². The summed E-state index contributed by atoms with van der Waals surface area (Å²) in [7, 11) is -3.73. The zero-order chi connectivity index (χ0) is 18.6. The molecule has 2 aromatic rings. The summed E-state index contributed by atoms with van der Waals surface area (Å²) in [6.07, 6.45) is 2.50. The molecule has 0 bridgehead atoms. The highest BCUT2D eigenvalue weighted by Crippen LogP contribution is 2.20. The van der Waals surface area contributed by atoms with E-state index in [1.54, 1.807) is 24.3 Å². The van der Waals surface area contributed by atoms with Crippen LogP contribution < -0.4 is 5.32 Å². The van der Waals surface area contributed by atoms with E-state index in [2.05, 4.69) is 5.32 Å². The molecular formula is C20H24N2O3S. The molecule has 2 aromatic carbocycles. The normalized spacial score (nSPS) is 14.4. The van der Waals surface area contributed by atoms with Crippen molar-refractivity contribution < 1.29 is 13.2 Å². The standard InChI is InChI=1S/C20H24N2O3S/c1-16-7-11-19(12-8-16)26(24,25)22(15-20(23)21-18-9-10-18)14-13-17-5-3-2-4-6-17/h2-8,11-12,18H,9-10,13-15H2,1H3,(H,21,23). The third-order valence-corrected chi connectivity index (χ3v) is 6.27. The molecule has 0 heterocycles. The summed E-state index contributed by atoms with van der Waals surface area (Å²) in [5.74, 6) is -0.240. The Morgan fingerprint density at radius 1 is 1.08 bits per heavy atom. The largest absolute Gasteiger partial charge is 0.352 e. The van der Waals surface area contributed by atoms with Crippen molar-refractivity contribution in [3.05, 3.63) is 65.7 Å². The summed E-state index contributed by atoms with van der Waals surface area (Å²) < 4.78 is 27.4. The van der Waals surface area contributed by atoms with E-state index >= 15 is 0 Å². The van der Waals surface area contributed by atoms with Crippen LogP contribution >= 0.6 is 0 Å². The van der Waals surface area contributed by atoms with Crippen LogP contribution in [0.5, 0.6) is 0 Å². The van der Waals surface area contributed by atoms with Crippen molar-refractivity contribution in [3.63, 3.8) is 0 Å². The van der Waals surface area contributed by atoms with Gasteiger partial charge in [-0.1, -0.05) is 48.0 Å². The zero-order valence-corrected chi connectivity index (χ0v) is 15.7. The lowest BCUT2D eigenvalue weighted by atomic mass is 10.1. The molecule has 5 nitrogen and oxygen atoms in total. The monoisotopic (exact) mass is 372 g/mol. The highest BCUT2D eigenvalue weighted by Gasteiger charge is 2.29. The smallest absolute Gasteiger partial charge is 0.243 e. The number of carbonyl (C=O) groups is 1. The average molecular weight is 372 g/mol. The minimum atomic E-state index is -3.73. The molecule has 1 aliphatic rings. The molecule has 0 saturated heterocycles. The molecule has 0 atom stereocenters. The molecular weight excluding hydrogens is 348 g/mol. The van der Waals surface area contributed by atoms with E-state index in [4.69, 9.17) is 0 Å². The van der Waals surface area contributed by atoms with Crippen LogP contribution in [-0.2, 0) is 21.2 Å². The predicted octanol–water partition coefficient (Wildman–Crippen LogP) is 2.51. The first kappa shape index (κ1) is 18.6. The topological polar surface area (TPSA) is 66.5 Å². The highest BCUT2D eigenvalue weighted by atomic mass is 32.2. The van der Waals surface area contributed by atoms with Gasteiger partial charge in [0.2, 0.25) is 15.9 Å². The van der Waals surface area contributed by atoms with Gasteiger partial charge in [0.15, 0.2) is 0 Å². The lowest BCUT2D eigenvalue weighted by Gasteiger charge is -2.22. The molecule has 6 heteroatoms. The molecule has 0 spiro atoms. The lowest BCUT2D eigenvalue weighted by Crippen LogP contribution is -2.42. The molecule has 26 heavy (non-hydrogen) atoms. The van der Waals surface area contributed by atoms with Gasteiger partial charge >= 0.3 is 0 Å². The van der Waals surface area contributed by atoms with E-state index in [0.29, 0.717) is 6.42 Å². The summed E-state index contributed by atoms with van der Waals surface area (Å²) in [6.45, 7) is 2.02. The molecule has 1 fully saturated rings. The fourth-order valence-electron chi connectivity index (χ4n) is 2.70. The Morgan fingerprint density at radius 2 is 1.73 bits per heavy atom. The van der Waals surface area contributed by atoms with Crippen LogP contribution in [0.15, 0.2) is 59.5 Å². The predicted molar refractivity (Wildman–Crippen MR) is 101 cm³/mol. The number of sulfonamides is 1. The van der Waals surface area contributed by atoms with E-state index in [9.17, 15) is 13.2 Å². The molecule has 1 N–H and O–H groups in total.